The monoisotopic (exact) mass is 386 g/mol. The minimum absolute atomic E-state index is 0.0488. The van der Waals surface area contributed by atoms with Crippen LogP contribution in [0.1, 0.15) is 50.9 Å². The van der Waals surface area contributed by atoms with E-state index in [1.165, 1.54) is 18.2 Å². The van der Waals surface area contributed by atoms with Gasteiger partial charge in [0.1, 0.15) is 0 Å². The zero-order valence-corrected chi connectivity index (χ0v) is 16.7. The molecule has 0 atom stereocenters. The number of carboxylic acids is 1. The van der Waals surface area contributed by atoms with Gasteiger partial charge in [-0.1, -0.05) is 13.8 Å². The number of aromatic carboxylic acids is 1. The summed E-state index contributed by atoms with van der Waals surface area (Å²) in [7, 11) is -3.73. The lowest BCUT2D eigenvalue weighted by Crippen LogP contribution is -2.26. The molecule has 0 heterocycles. The van der Waals surface area contributed by atoms with Crippen LogP contribution in [-0.2, 0) is 14.8 Å². The van der Waals surface area contributed by atoms with Gasteiger partial charge in [-0.15, -0.1) is 0 Å². The van der Waals surface area contributed by atoms with Crippen LogP contribution in [-0.4, -0.2) is 45.3 Å². The van der Waals surface area contributed by atoms with Crippen LogP contribution < -0.4 is 10.0 Å². The van der Waals surface area contributed by atoms with Gasteiger partial charge in [-0.25, -0.2) is 17.9 Å². The second kappa shape index (κ2) is 10.5. The van der Waals surface area contributed by atoms with E-state index in [0.717, 1.165) is 0 Å². The van der Waals surface area contributed by atoms with E-state index in [1.807, 2.05) is 27.7 Å². The summed E-state index contributed by atoms with van der Waals surface area (Å²) in [6.45, 7) is 9.32. The van der Waals surface area contributed by atoms with Gasteiger partial charge in [-0.3, -0.25) is 0 Å². The molecule has 0 aliphatic heterocycles. The number of ether oxygens (including phenoxy) is 1. The summed E-state index contributed by atoms with van der Waals surface area (Å²) in [6, 6.07) is 4.09. The molecule has 1 aromatic carbocycles. The predicted molar refractivity (Wildman–Crippen MR) is 102 cm³/mol. The van der Waals surface area contributed by atoms with Gasteiger partial charge in [0.25, 0.3) is 0 Å². The summed E-state index contributed by atoms with van der Waals surface area (Å²) in [4.78, 5) is 11.5. The van der Waals surface area contributed by atoms with Crippen LogP contribution in [0.5, 0.6) is 0 Å². The van der Waals surface area contributed by atoms with E-state index in [-0.39, 0.29) is 16.6 Å². The van der Waals surface area contributed by atoms with Gasteiger partial charge in [-0.2, -0.15) is 0 Å². The van der Waals surface area contributed by atoms with E-state index in [9.17, 15) is 18.3 Å². The third kappa shape index (κ3) is 7.72. The molecule has 0 saturated heterocycles. The third-order valence-corrected chi connectivity index (χ3v) is 5.09. The topological polar surface area (TPSA) is 105 Å². The zero-order valence-electron chi connectivity index (χ0n) is 15.9. The van der Waals surface area contributed by atoms with Crippen LogP contribution in [0.3, 0.4) is 0 Å². The van der Waals surface area contributed by atoms with Crippen molar-refractivity contribution in [2.24, 2.45) is 5.92 Å². The van der Waals surface area contributed by atoms with Crippen LogP contribution in [0.2, 0.25) is 0 Å². The van der Waals surface area contributed by atoms with Gasteiger partial charge in [0.2, 0.25) is 10.0 Å². The largest absolute Gasteiger partial charge is 0.478 e. The number of benzene rings is 1. The first-order chi connectivity index (χ1) is 12.1. The number of sulfonamides is 1. The lowest BCUT2D eigenvalue weighted by Gasteiger charge is -2.13. The van der Waals surface area contributed by atoms with E-state index >= 15 is 0 Å². The van der Waals surface area contributed by atoms with Gasteiger partial charge >= 0.3 is 5.97 Å². The second-order valence-electron chi connectivity index (χ2n) is 6.79. The number of nitrogens with one attached hydrogen (secondary N) is 2. The van der Waals surface area contributed by atoms with Crippen molar-refractivity contribution in [3.8, 4) is 0 Å². The summed E-state index contributed by atoms with van der Waals surface area (Å²) in [5.74, 6) is -0.802. The maximum absolute atomic E-state index is 12.3. The molecule has 0 aliphatic carbocycles. The maximum Gasteiger partial charge on any atom is 0.337 e. The highest BCUT2D eigenvalue weighted by Gasteiger charge is 2.18. The van der Waals surface area contributed by atoms with Crippen molar-refractivity contribution in [2.45, 2.75) is 51.5 Å². The lowest BCUT2D eigenvalue weighted by molar-refractivity contribution is 0.0697. The van der Waals surface area contributed by atoms with Crippen molar-refractivity contribution >= 4 is 21.7 Å². The molecular formula is C18H30N2O5S. The Morgan fingerprint density at radius 1 is 1.19 bits per heavy atom. The minimum Gasteiger partial charge on any atom is -0.478 e. The molecule has 0 bridgehead atoms. The number of hydrogen-bond donors (Lipinski definition) is 3. The molecule has 0 aromatic heterocycles. The fourth-order valence-electron chi connectivity index (χ4n) is 2.20. The Balaban J connectivity index is 2.80. The Labute approximate surface area is 156 Å². The number of rotatable bonds is 12. The van der Waals surface area contributed by atoms with Gasteiger partial charge in [0, 0.05) is 25.4 Å². The molecule has 148 valence electrons. The smallest absolute Gasteiger partial charge is 0.337 e. The molecule has 0 amide bonds. The molecule has 26 heavy (non-hydrogen) atoms. The van der Waals surface area contributed by atoms with Gasteiger partial charge in [0.05, 0.1) is 16.6 Å². The van der Waals surface area contributed by atoms with Crippen molar-refractivity contribution in [3.05, 3.63) is 23.8 Å². The van der Waals surface area contributed by atoms with Crippen molar-refractivity contribution < 1.29 is 23.1 Å². The molecular weight excluding hydrogens is 356 g/mol. The normalized spacial score (nSPS) is 11.9. The predicted octanol–water partition coefficient (Wildman–Crippen LogP) is 2.94. The molecule has 1 rings (SSSR count). The van der Waals surface area contributed by atoms with Crippen LogP contribution >= 0.6 is 0 Å². The first-order valence-corrected chi connectivity index (χ1v) is 10.3. The van der Waals surface area contributed by atoms with Gasteiger partial charge in [0.15, 0.2) is 0 Å². The zero-order chi connectivity index (χ0) is 19.7. The van der Waals surface area contributed by atoms with Crippen LogP contribution in [0.25, 0.3) is 0 Å². The molecule has 0 aliphatic rings. The summed E-state index contributed by atoms with van der Waals surface area (Å²) >= 11 is 0. The Morgan fingerprint density at radius 3 is 2.46 bits per heavy atom. The average Bonchev–Trinajstić information content (AvgIpc) is 2.53. The van der Waals surface area contributed by atoms with Crippen molar-refractivity contribution in [3.63, 3.8) is 0 Å². The first kappa shape index (κ1) is 22.4. The van der Waals surface area contributed by atoms with E-state index < -0.39 is 16.0 Å². The highest BCUT2D eigenvalue weighted by atomic mass is 32.2. The van der Waals surface area contributed by atoms with Crippen LogP contribution in [0.15, 0.2) is 23.1 Å². The summed E-state index contributed by atoms with van der Waals surface area (Å²) < 4.78 is 32.6. The molecule has 0 spiro atoms. The van der Waals surface area contributed by atoms with Crippen molar-refractivity contribution in [1.82, 2.24) is 4.72 Å². The van der Waals surface area contributed by atoms with E-state index in [4.69, 9.17) is 4.74 Å². The molecule has 7 nitrogen and oxygen atoms in total. The number of carboxylic acid groups (broad SMARTS) is 1. The van der Waals surface area contributed by atoms with Gasteiger partial charge < -0.3 is 15.2 Å². The summed E-state index contributed by atoms with van der Waals surface area (Å²) in [5, 5.41) is 12.4. The molecule has 8 heteroatoms. The van der Waals surface area contributed by atoms with Crippen molar-refractivity contribution in [1.29, 1.82) is 0 Å². The second-order valence-corrected chi connectivity index (χ2v) is 8.56. The Morgan fingerprint density at radius 2 is 1.88 bits per heavy atom. The number of anilines is 1. The van der Waals surface area contributed by atoms with E-state index in [2.05, 4.69) is 10.0 Å². The molecule has 0 radical (unpaired) electrons. The Bertz CT molecular complexity index is 687. The van der Waals surface area contributed by atoms with Crippen LogP contribution in [0, 0.1) is 5.92 Å². The first-order valence-electron chi connectivity index (χ1n) is 8.86. The highest BCUT2D eigenvalue weighted by molar-refractivity contribution is 7.89. The standard InChI is InChI=1S/C18H30N2O5S/c1-13(2)8-10-20-26(23,24)15-6-7-17(16(12-15)18(21)22)19-9-5-11-25-14(3)4/h6-7,12-14,19-20H,5,8-11H2,1-4H3,(H,21,22). The average molecular weight is 387 g/mol. The third-order valence-electron chi connectivity index (χ3n) is 3.63. The molecule has 0 unspecified atom stereocenters. The molecule has 0 saturated carbocycles. The summed E-state index contributed by atoms with van der Waals surface area (Å²) in [6.07, 6.45) is 1.58. The van der Waals surface area contributed by atoms with E-state index in [1.54, 1.807) is 0 Å². The number of carbonyl (C=O) groups is 1. The summed E-state index contributed by atoms with van der Waals surface area (Å²) in [5.41, 5.74) is 0.324. The highest BCUT2D eigenvalue weighted by Crippen LogP contribution is 2.21. The molecule has 1 aromatic rings. The quantitative estimate of drug-likeness (QED) is 0.477. The van der Waals surface area contributed by atoms with E-state index in [0.29, 0.717) is 44.1 Å². The maximum atomic E-state index is 12.3. The van der Waals surface area contributed by atoms with Crippen molar-refractivity contribution in [2.75, 3.05) is 25.0 Å². The number of hydrogen-bond acceptors (Lipinski definition) is 5. The van der Waals surface area contributed by atoms with Gasteiger partial charge in [-0.05, 0) is 50.8 Å². The molecule has 0 fully saturated rings. The fraction of sp³-hybridized carbons (Fsp3) is 0.611. The Kier molecular flexibility index (Phi) is 9.04. The lowest BCUT2D eigenvalue weighted by atomic mass is 10.1. The SMILES string of the molecule is CC(C)CCNS(=O)(=O)c1ccc(NCCCOC(C)C)c(C(=O)O)c1. The molecule has 3 N–H and O–H groups in total. The Hall–Kier alpha value is -1.64. The van der Waals surface area contributed by atoms with Crippen LogP contribution in [0.4, 0.5) is 5.69 Å². The fourth-order valence-corrected chi connectivity index (χ4v) is 3.27. The minimum atomic E-state index is -3.73.